The molecule has 0 unspecified atom stereocenters. The van der Waals surface area contributed by atoms with E-state index in [1.807, 2.05) is 6.92 Å². The largest absolute Gasteiger partial charge is 0.511 e. The number of para-hydroxylation sites is 2. The fourth-order valence-corrected chi connectivity index (χ4v) is 2.33. The van der Waals surface area contributed by atoms with Crippen LogP contribution in [-0.2, 0) is 4.79 Å². The maximum atomic E-state index is 12.0. The molecule has 4 heteroatoms. The molecule has 1 aliphatic rings. The van der Waals surface area contributed by atoms with Crippen LogP contribution in [0.15, 0.2) is 40.6 Å². The predicted octanol–water partition coefficient (Wildman–Crippen LogP) is 3.83. The molecule has 2 rings (SSSR count). The summed E-state index contributed by atoms with van der Waals surface area (Å²) in [7, 11) is 0. The number of aliphatic imine (C=N–C) groups is 1. The summed E-state index contributed by atoms with van der Waals surface area (Å²) in [5.41, 5.74) is 1.34. The highest BCUT2D eigenvalue weighted by Gasteiger charge is 2.24. The van der Waals surface area contributed by atoms with Crippen LogP contribution in [0, 0.1) is 0 Å². The minimum absolute atomic E-state index is 0.0589. The number of phenolic OH excluding ortho intramolecular Hbond substituents is 1. The van der Waals surface area contributed by atoms with Crippen molar-refractivity contribution in [2.45, 2.75) is 39.0 Å². The number of aromatic hydroxyl groups is 1. The lowest BCUT2D eigenvalue weighted by Crippen LogP contribution is -2.19. The number of aliphatic hydroxyl groups excluding tert-OH is 1. The summed E-state index contributed by atoms with van der Waals surface area (Å²) in [6, 6.07) is 6.74. The summed E-state index contributed by atoms with van der Waals surface area (Å²) in [6.45, 7) is 1.99. The average molecular weight is 273 g/mol. The van der Waals surface area contributed by atoms with E-state index < -0.39 is 0 Å². The Hall–Kier alpha value is -2.10. The van der Waals surface area contributed by atoms with E-state index in [1.165, 1.54) is 0 Å². The maximum Gasteiger partial charge on any atom is 0.168 e. The van der Waals surface area contributed by atoms with Crippen molar-refractivity contribution in [2.24, 2.45) is 4.99 Å². The van der Waals surface area contributed by atoms with Crippen molar-refractivity contribution in [2.75, 3.05) is 0 Å². The Kier molecular flexibility index (Phi) is 4.56. The van der Waals surface area contributed by atoms with Crippen LogP contribution in [0.3, 0.4) is 0 Å². The van der Waals surface area contributed by atoms with Gasteiger partial charge in [0.2, 0.25) is 0 Å². The highest BCUT2D eigenvalue weighted by Crippen LogP contribution is 2.29. The molecule has 0 radical (unpaired) electrons. The highest BCUT2D eigenvalue weighted by molar-refractivity contribution is 6.23. The summed E-state index contributed by atoms with van der Waals surface area (Å²) in [5.74, 6) is 0.143. The number of carbonyl (C=O) groups is 1. The molecule has 0 fully saturated rings. The molecule has 0 amide bonds. The third kappa shape index (κ3) is 3.07. The molecular weight excluding hydrogens is 254 g/mol. The first-order valence-corrected chi connectivity index (χ1v) is 6.94. The summed E-state index contributed by atoms with van der Waals surface area (Å²) in [6.07, 6.45) is 3.06. The number of Topliss-reactive ketones (excluding diaryl/α,β-unsaturated/α-hetero) is 1. The second-order valence-electron chi connectivity index (χ2n) is 4.90. The van der Waals surface area contributed by atoms with E-state index in [9.17, 15) is 15.0 Å². The number of benzene rings is 1. The van der Waals surface area contributed by atoms with Crippen molar-refractivity contribution in [1.82, 2.24) is 0 Å². The third-order valence-electron chi connectivity index (χ3n) is 3.30. The minimum Gasteiger partial charge on any atom is -0.511 e. The quantitative estimate of drug-likeness (QED) is 0.819. The van der Waals surface area contributed by atoms with Crippen LogP contribution in [0.5, 0.6) is 5.75 Å². The number of rotatable bonds is 4. The van der Waals surface area contributed by atoms with Crippen LogP contribution in [0.2, 0.25) is 0 Å². The number of hydrogen-bond acceptors (Lipinski definition) is 4. The van der Waals surface area contributed by atoms with E-state index in [4.69, 9.17) is 0 Å². The van der Waals surface area contributed by atoms with Gasteiger partial charge >= 0.3 is 0 Å². The lowest BCUT2D eigenvalue weighted by molar-refractivity contribution is -0.115. The molecule has 0 bridgehead atoms. The van der Waals surface area contributed by atoms with Gasteiger partial charge in [-0.05, 0) is 25.0 Å². The van der Waals surface area contributed by atoms with Crippen LogP contribution in [-0.4, -0.2) is 21.7 Å². The van der Waals surface area contributed by atoms with Gasteiger partial charge in [-0.1, -0.05) is 25.5 Å². The van der Waals surface area contributed by atoms with Gasteiger partial charge in [-0.15, -0.1) is 0 Å². The molecule has 0 saturated carbocycles. The molecule has 4 nitrogen and oxygen atoms in total. The smallest absolute Gasteiger partial charge is 0.168 e. The fraction of sp³-hybridized carbons (Fsp3) is 0.375. The standard InChI is InChI=1S/C16H19NO3/c1-2-6-12(16-14(19)9-5-10-15(16)20)17-11-7-3-4-8-13(11)18/h3-4,7-8,18-19H,2,5-6,9-10H2,1H3. The number of nitrogens with zero attached hydrogens (tertiary/aromatic N) is 1. The van der Waals surface area contributed by atoms with Gasteiger partial charge in [-0.2, -0.15) is 0 Å². The van der Waals surface area contributed by atoms with Crippen molar-refractivity contribution in [3.05, 3.63) is 35.6 Å². The molecule has 0 saturated heterocycles. The number of aliphatic hydroxyl groups is 1. The van der Waals surface area contributed by atoms with Gasteiger partial charge in [-0.25, -0.2) is 4.99 Å². The average Bonchev–Trinajstić information content (AvgIpc) is 2.41. The number of carbonyl (C=O) groups excluding carboxylic acids is 1. The highest BCUT2D eigenvalue weighted by atomic mass is 16.3. The first kappa shape index (κ1) is 14.3. The molecule has 0 aromatic heterocycles. The predicted molar refractivity (Wildman–Crippen MR) is 78.6 cm³/mol. The van der Waals surface area contributed by atoms with Crippen LogP contribution in [0.25, 0.3) is 0 Å². The molecule has 2 N–H and O–H groups in total. The van der Waals surface area contributed by atoms with Crippen LogP contribution in [0.1, 0.15) is 39.0 Å². The molecule has 1 aliphatic carbocycles. The summed E-state index contributed by atoms with van der Waals surface area (Å²) < 4.78 is 0. The Bertz CT molecular complexity index is 573. The van der Waals surface area contributed by atoms with Crippen LogP contribution < -0.4 is 0 Å². The van der Waals surface area contributed by atoms with E-state index in [2.05, 4.69) is 4.99 Å². The van der Waals surface area contributed by atoms with E-state index in [-0.39, 0.29) is 17.3 Å². The zero-order valence-electron chi connectivity index (χ0n) is 11.6. The number of hydrogen-bond donors (Lipinski definition) is 2. The molecule has 0 spiro atoms. The monoisotopic (exact) mass is 273 g/mol. The molecule has 0 heterocycles. The van der Waals surface area contributed by atoms with Crippen LogP contribution in [0.4, 0.5) is 5.69 Å². The van der Waals surface area contributed by atoms with Gasteiger partial charge in [0.1, 0.15) is 17.2 Å². The third-order valence-corrected chi connectivity index (χ3v) is 3.30. The van der Waals surface area contributed by atoms with E-state index >= 15 is 0 Å². The van der Waals surface area contributed by atoms with Gasteiger partial charge in [0.05, 0.1) is 11.3 Å². The molecule has 1 aromatic carbocycles. The Morgan fingerprint density at radius 3 is 2.65 bits per heavy atom. The molecular formula is C16H19NO3. The van der Waals surface area contributed by atoms with Gasteiger partial charge in [0.25, 0.3) is 0 Å². The topological polar surface area (TPSA) is 69.9 Å². The zero-order valence-corrected chi connectivity index (χ0v) is 11.6. The van der Waals surface area contributed by atoms with Crippen molar-refractivity contribution in [1.29, 1.82) is 0 Å². The molecule has 0 atom stereocenters. The second-order valence-corrected chi connectivity index (χ2v) is 4.90. The fourth-order valence-electron chi connectivity index (χ4n) is 2.33. The molecule has 106 valence electrons. The summed E-state index contributed by atoms with van der Waals surface area (Å²) in [5, 5.41) is 19.8. The molecule has 1 aromatic rings. The lowest BCUT2D eigenvalue weighted by atomic mass is 9.91. The first-order valence-electron chi connectivity index (χ1n) is 6.94. The Morgan fingerprint density at radius 2 is 2.00 bits per heavy atom. The Balaban J connectivity index is 2.46. The van der Waals surface area contributed by atoms with Gasteiger partial charge in [0.15, 0.2) is 5.78 Å². The van der Waals surface area contributed by atoms with E-state index in [1.54, 1.807) is 24.3 Å². The van der Waals surface area contributed by atoms with Crippen molar-refractivity contribution in [3.8, 4) is 5.75 Å². The van der Waals surface area contributed by atoms with Gasteiger partial charge in [-0.3, -0.25) is 4.79 Å². The normalized spacial score (nSPS) is 16.6. The summed E-state index contributed by atoms with van der Waals surface area (Å²) in [4.78, 5) is 16.4. The summed E-state index contributed by atoms with van der Waals surface area (Å²) >= 11 is 0. The molecule has 20 heavy (non-hydrogen) atoms. The second kappa shape index (κ2) is 6.37. The first-order chi connectivity index (χ1) is 9.63. The van der Waals surface area contributed by atoms with Crippen molar-refractivity contribution < 1.29 is 15.0 Å². The number of phenols is 1. The van der Waals surface area contributed by atoms with Gasteiger partial charge in [0, 0.05) is 12.8 Å². The van der Waals surface area contributed by atoms with E-state index in [0.717, 1.165) is 6.42 Å². The minimum atomic E-state index is -0.0589. The molecule has 0 aliphatic heterocycles. The van der Waals surface area contributed by atoms with E-state index in [0.29, 0.717) is 42.7 Å². The van der Waals surface area contributed by atoms with Gasteiger partial charge < -0.3 is 10.2 Å². The van der Waals surface area contributed by atoms with Crippen molar-refractivity contribution in [3.63, 3.8) is 0 Å². The van der Waals surface area contributed by atoms with Crippen molar-refractivity contribution >= 4 is 17.2 Å². The lowest BCUT2D eigenvalue weighted by Gasteiger charge is -2.17. The maximum absolute atomic E-state index is 12.0. The van der Waals surface area contributed by atoms with Crippen LogP contribution >= 0.6 is 0 Å². The Morgan fingerprint density at radius 1 is 1.25 bits per heavy atom. The zero-order chi connectivity index (χ0) is 14.5. The SMILES string of the molecule is CCCC(=Nc1ccccc1O)C1=C(O)CCCC1=O. The Labute approximate surface area is 118 Å². The number of allylic oxidation sites excluding steroid dienone is 2. The number of ketones is 1.